The Kier molecular flexibility index (Phi) is 7.17. The average Bonchev–Trinajstić information content (AvgIpc) is 2.62. The smallest absolute Gasteiger partial charge is 0.166 e. The Bertz CT molecular complexity index is 803. The molecule has 0 unspecified atom stereocenters. The molecule has 0 aliphatic carbocycles. The summed E-state index contributed by atoms with van der Waals surface area (Å²) in [5, 5.41) is 3.48. The Morgan fingerprint density at radius 3 is 2.62 bits per heavy atom. The van der Waals surface area contributed by atoms with Crippen LogP contribution < -0.4 is 14.8 Å². The zero-order chi connectivity index (χ0) is 18.9. The number of ether oxygens (including phenoxy) is 2. The van der Waals surface area contributed by atoms with Gasteiger partial charge in [0.15, 0.2) is 11.5 Å². The molecule has 1 N–H and O–H groups in total. The van der Waals surface area contributed by atoms with E-state index in [4.69, 9.17) is 15.9 Å². The van der Waals surface area contributed by atoms with Gasteiger partial charge in [0, 0.05) is 17.8 Å². The highest BCUT2D eigenvalue weighted by Gasteiger charge is 2.13. The number of hydrogen-bond donors (Lipinski definition) is 1. The zero-order valence-corrected chi connectivity index (χ0v) is 15.9. The van der Waals surface area contributed by atoms with E-state index in [-0.39, 0.29) is 6.61 Å². The van der Waals surface area contributed by atoms with Crippen LogP contribution >= 0.6 is 0 Å². The number of rotatable bonds is 9. The maximum atomic E-state index is 5.79. The number of nitrogens with one attached hydrogen (secondary N) is 1. The Hall–Kier alpha value is -2.86. The van der Waals surface area contributed by atoms with Crippen LogP contribution in [0.1, 0.15) is 29.2 Å². The van der Waals surface area contributed by atoms with Crippen LogP contribution in [0.4, 0.5) is 5.69 Å². The number of aryl methyl sites for hydroxylation is 2. The van der Waals surface area contributed by atoms with Crippen molar-refractivity contribution in [2.24, 2.45) is 0 Å². The lowest BCUT2D eigenvalue weighted by molar-refractivity contribution is 0.297. The lowest BCUT2D eigenvalue weighted by atomic mass is 10.0. The van der Waals surface area contributed by atoms with Crippen molar-refractivity contribution in [3.63, 3.8) is 0 Å². The quantitative estimate of drug-likeness (QED) is 0.507. The molecule has 0 radical (unpaired) electrons. The summed E-state index contributed by atoms with van der Waals surface area (Å²) in [5.41, 5.74) is 5.81. The number of hydrogen-bond acceptors (Lipinski definition) is 3. The van der Waals surface area contributed by atoms with E-state index in [1.54, 1.807) is 0 Å². The van der Waals surface area contributed by atoms with Crippen molar-refractivity contribution >= 4 is 5.69 Å². The average molecular weight is 349 g/mol. The summed E-state index contributed by atoms with van der Waals surface area (Å²) >= 11 is 0. The Morgan fingerprint density at radius 2 is 1.96 bits per heavy atom. The first-order valence-corrected chi connectivity index (χ1v) is 8.85. The van der Waals surface area contributed by atoms with Crippen molar-refractivity contribution in [2.75, 3.05) is 18.5 Å². The van der Waals surface area contributed by atoms with Gasteiger partial charge in [-0.1, -0.05) is 18.1 Å². The van der Waals surface area contributed by atoms with Gasteiger partial charge in [0.25, 0.3) is 0 Å². The second kappa shape index (κ2) is 9.58. The molecule has 0 heterocycles. The van der Waals surface area contributed by atoms with E-state index < -0.39 is 0 Å². The van der Waals surface area contributed by atoms with Gasteiger partial charge in [0.05, 0.1) is 6.61 Å². The fraction of sp³-hybridized carbons (Fsp3) is 0.304. The molecule has 0 fully saturated rings. The normalized spacial score (nSPS) is 10.1. The van der Waals surface area contributed by atoms with E-state index in [2.05, 4.69) is 55.9 Å². The van der Waals surface area contributed by atoms with Crippen LogP contribution in [0, 0.1) is 26.2 Å². The molecule has 3 heteroatoms. The maximum absolute atomic E-state index is 5.79. The van der Waals surface area contributed by atoms with E-state index in [1.807, 2.05) is 19.1 Å². The monoisotopic (exact) mass is 349 g/mol. The molecule has 3 nitrogen and oxygen atoms in total. The number of allylic oxidation sites excluding steroid dienone is 1. The first-order chi connectivity index (χ1) is 12.6. The molecule has 0 aromatic heterocycles. The minimum Gasteiger partial charge on any atom is -0.490 e. The zero-order valence-electron chi connectivity index (χ0n) is 15.9. The highest BCUT2D eigenvalue weighted by atomic mass is 16.5. The third-order valence-electron chi connectivity index (χ3n) is 4.16. The van der Waals surface area contributed by atoms with Gasteiger partial charge < -0.3 is 14.8 Å². The number of benzene rings is 2. The van der Waals surface area contributed by atoms with Crippen molar-refractivity contribution < 1.29 is 9.47 Å². The van der Waals surface area contributed by atoms with E-state index in [1.165, 1.54) is 11.1 Å². The number of terminal acetylenes is 1. The van der Waals surface area contributed by atoms with Crippen molar-refractivity contribution in [3.05, 3.63) is 65.2 Å². The lowest BCUT2D eigenvalue weighted by Crippen LogP contribution is -2.06. The van der Waals surface area contributed by atoms with Crippen molar-refractivity contribution in [3.8, 4) is 23.8 Å². The fourth-order valence-corrected chi connectivity index (χ4v) is 2.73. The second-order valence-corrected chi connectivity index (χ2v) is 6.15. The van der Waals surface area contributed by atoms with Gasteiger partial charge in [-0.15, -0.1) is 13.0 Å². The molecule has 0 aliphatic rings. The standard InChI is InChI=1S/C23H27NO2/c1-6-9-20-14-19(15-22(25-8-3)23(20)26-12-7-2)16-24-21-11-10-17(4)18(5)13-21/h2,6,10-11,13-15,24H,1,8-9,12,16H2,3-5H3. The molecule has 0 bridgehead atoms. The molecule has 0 aliphatic heterocycles. The largest absolute Gasteiger partial charge is 0.490 e. The van der Waals surface area contributed by atoms with E-state index in [9.17, 15) is 0 Å². The predicted molar refractivity (Wildman–Crippen MR) is 109 cm³/mol. The third kappa shape index (κ3) is 5.07. The Morgan fingerprint density at radius 1 is 1.15 bits per heavy atom. The molecule has 2 rings (SSSR count). The van der Waals surface area contributed by atoms with Crippen LogP contribution in [-0.2, 0) is 13.0 Å². The molecule has 2 aromatic carbocycles. The highest BCUT2D eigenvalue weighted by molar-refractivity contribution is 5.53. The summed E-state index contributed by atoms with van der Waals surface area (Å²) in [5.74, 6) is 3.94. The van der Waals surface area contributed by atoms with E-state index >= 15 is 0 Å². The Labute approximate surface area is 157 Å². The summed E-state index contributed by atoms with van der Waals surface area (Å²) in [6.07, 6.45) is 7.89. The summed E-state index contributed by atoms with van der Waals surface area (Å²) in [4.78, 5) is 0. The van der Waals surface area contributed by atoms with Crippen molar-refractivity contribution in [1.82, 2.24) is 0 Å². The molecule has 2 aromatic rings. The van der Waals surface area contributed by atoms with Crippen molar-refractivity contribution in [1.29, 1.82) is 0 Å². The van der Waals surface area contributed by atoms with Gasteiger partial charge in [-0.25, -0.2) is 0 Å². The predicted octanol–water partition coefficient (Wildman–Crippen LogP) is 5.05. The van der Waals surface area contributed by atoms with E-state index in [0.29, 0.717) is 25.3 Å². The molecule has 136 valence electrons. The molecule has 0 amide bonds. The maximum Gasteiger partial charge on any atom is 0.166 e. The van der Waals surface area contributed by atoms with E-state index in [0.717, 1.165) is 22.6 Å². The van der Waals surface area contributed by atoms with Crippen LogP contribution in [0.25, 0.3) is 0 Å². The van der Waals surface area contributed by atoms with Gasteiger partial charge in [-0.3, -0.25) is 0 Å². The second-order valence-electron chi connectivity index (χ2n) is 6.15. The van der Waals surface area contributed by atoms with Crippen molar-refractivity contribution in [2.45, 2.75) is 33.7 Å². The van der Waals surface area contributed by atoms with Gasteiger partial charge in [0.2, 0.25) is 0 Å². The summed E-state index contributed by atoms with van der Waals surface area (Å²) in [6.45, 7) is 11.5. The minimum atomic E-state index is 0.213. The molecular weight excluding hydrogens is 322 g/mol. The topological polar surface area (TPSA) is 30.5 Å². The van der Waals surface area contributed by atoms with Gasteiger partial charge in [-0.05, 0) is 68.1 Å². The molecular formula is C23H27NO2. The fourth-order valence-electron chi connectivity index (χ4n) is 2.73. The first-order valence-electron chi connectivity index (χ1n) is 8.85. The molecule has 0 saturated carbocycles. The highest BCUT2D eigenvalue weighted by Crippen LogP contribution is 2.34. The first kappa shape index (κ1) is 19.5. The van der Waals surface area contributed by atoms with Crippen LogP contribution in [0.15, 0.2) is 43.0 Å². The van der Waals surface area contributed by atoms with Crippen LogP contribution in [0.2, 0.25) is 0 Å². The van der Waals surface area contributed by atoms with Crippen LogP contribution in [0.3, 0.4) is 0 Å². The molecule has 0 saturated heterocycles. The third-order valence-corrected chi connectivity index (χ3v) is 4.16. The summed E-state index contributed by atoms with van der Waals surface area (Å²) in [6, 6.07) is 10.5. The SMILES string of the molecule is C#CCOc1c(CC=C)cc(CNc2ccc(C)c(C)c2)cc1OCC. The van der Waals surface area contributed by atoms with Crippen LogP contribution in [0.5, 0.6) is 11.5 Å². The van der Waals surface area contributed by atoms with Gasteiger partial charge in [-0.2, -0.15) is 0 Å². The molecule has 0 atom stereocenters. The molecule has 0 spiro atoms. The number of anilines is 1. The molecule has 26 heavy (non-hydrogen) atoms. The summed E-state index contributed by atoms with van der Waals surface area (Å²) in [7, 11) is 0. The Balaban J connectivity index is 2.27. The van der Waals surface area contributed by atoms with Gasteiger partial charge >= 0.3 is 0 Å². The minimum absolute atomic E-state index is 0.213. The lowest BCUT2D eigenvalue weighted by Gasteiger charge is -2.17. The van der Waals surface area contributed by atoms with Crippen LogP contribution in [-0.4, -0.2) is 13.2 Å². The summed E-state index contributed by atoms with van der Waals surface area (Å²) < 4.78 is 11.5. The van der Waals surface area contributed by atoms with Gasteiger partial charge in [0.1, 0.15) is 6.61 Å².